The molecule has 3 unspecified atom stereocenters. The number of nitrogens with two attached hydrogens (primary N) is 1. The lowest BCUT2D eigenvalue weighted by Gasteiger charge is -2.43. The first-order valence-electron chi connectivity index (χ1n) is 13.6. The van der Waals surface area contributed by atoms with Gasteiger partial charge in [-0.25, -0.2) is 9.97 Å². The number of piperazine rings is 1. The Hall–Kier alpha value is -3.24. The van der Waals surface area contributed by atoms with Crippen LogP contribution >= 0.6 is 0 Å². The van der Waals surface area contributed by atoms with Crippen LogP contribution in [-0.2, 0) is 17.6 Å². The molecular weight excluding hydrogens is 519 g/mol. The van der Waals surface area contributed by atoms with Crippen LogP contribution in [0.2, 0.25) is 0 Å². The maximum absolute atomic E-state index is 13.4. The minimum atomic E-state index is -4.47. The minimum Gasteiger partial charge on any atom is -0.488 e. The number of nitrogens with zero attached hydrogens (tertiary/aromatic N) is 4. The number of halogens is 3. The van der Waals surface area contributed by atoms with Crippen molar-refractivity contribution in [3.63, 3.8) is 0 Å². The van der Waals surface area contributed by atoms with Crippen LogP contribution in [0.1, 0.15) is 54.9 Å². The number of hydrogen-bond acceptors (Lipinski definition) is 7. The van der Waals surface area contributed by atoms with E-state index >= 15 is 0 Å². The van der Waals surface area contributed by atoms with Gasteiger partial charge in [-0.05, 0) is 51.3 Å². The lowest BCUT2D eigenvalue weighted by atomic mass is 9.83. The highest BCUT2D eigenvalue weighted by Crippen LogP contribution is 2.37. The summed E-state index contributed by atoms with van der Waals surface area (Å²) >= 11 is 0. The van der Waals surface area contributed by atoms with E-state index in [1.54, 1.807) is 6.92 Å². The Kier molecular flexibility index (Phi) is 8.99. The van der Waals surface area contributed by atoms with Crippen LogP contribution in [0.25, 0.3) is 0 Å². The van der Waals surface area contributed by atoms with Gasteiger partial charge in [0.1, 0.15) is 30.3 Å². The number of anilines is 1. The predicted octanol–water partition coefficient (Wildman–Crippen LogP) is 4.96. The number of aryl methyl sites for hydroxylation is 2. The maximum Gasteiger partial charge on any atom is 0.416 e. The average molecular weight is 558 g/mol. The molecule has 2 N–H and O–H groups in total. The molecule has 0 saturated carbocycles. The summed E-state index contributed by atoms with van der Waals surface area (Å²) in [5, 5.41) is 0. The Morgan fingerprint density at radius 3 is 2.55 bits per heavy atom. The highest BCUT2D eigenvalue weighted by molar-refractivity contribution is 5.58. The quantitative estimate of drug-likeness (QED) is 0.459. The largest absolute Gasteiger partial charge is 0.488 e. The molecule has 1 aliphatic carbocycles. The van der Waals surface area contributed by atoms with Gasteiger partial charge in [-0.2, -0.15) is 13.2 Å². The third-order valence-corrected chi connectivity index (χ3v) is 7.97. The molecule has 1 saturated heterocycles. The molecule has 1 aromatic carbocycles. The lowest BCUT2D eigenvalue weighted by Crippen LogP contribution is -2.58. The summed E-state index contributed by atoms with van der Waals surface area (Å²) < 4.78 is 46.1. The first kappa shape index (κ1) is 29.7. The third kappa shape index (κ3) is 6.23. The smallest absolute Gasteiger partial charge is 0.416 e. The van der Waals surface area contributed by atoms with Gasteiger partial charge in [-0.3, -0.25) is 4.90 Å². The highest BCUT2D eigenvalue weighted by atomic mass is 19.4. The molecule has 0 radical (unpaired) electrons. The number of aromatic nitrogens is 2. The van der Waals surface area contributed by atoms with E-state index < -0.39 is 11.7 Å². The van der Waals surface area contributed by atoms with Crippen molar-refractivity contribution >= 4 is 12.1 Å². The van der Waals surface area contributed by atoms with Crippen LogP contribution in [0.4, 0.5) is 19.0 Å². The van der Waals surface area contributed by atoms with E-state index in [2.05, 4.69) is 42.7 Å². The standard InChI is InChI=1S/C30H38F3N5O2/c1-18-9-10-23(30(31,32)33)13-26(18)40-17-25-22(5)35-28(27-19(2)7-6-8-20(27)3)36-29(25)37-11-12-38(21(4)15-37)24(14-34)16-39/h6-10,13,16,19,21,24,27H,11-12,14-15,17,34H2,1-5H3/t19?,21-,24?,27?/m1/s1. The zero-order chi connectivity index (χ0) is 29.2. The number of carbonyl (C=O) groups is 1. The topological polar surface area (TPSA) is 84.6 Å². The molecule has 1 fully saturated rings. The fraction of sp³-hybridized carbons (Fsp3) is 0.500. The summed E-state index contributed by atoms with van der Waals surface area (Å²) in [6, 6.07) is 3.19. The number of aldehydes is 1. The van der Waals surface area contributed by atoms with Crippen LogP contribution in [0, 0.1) is 19.8 Å². The molecule has 1 aromatic heterocycles. The number of alkyl halides is 3. The van der Waals surface area contributed by atoms with E-state index in [4.69, 9.17) is 20.4 Å². The first-order chi connectivity index (χ1) is 18.9. The van der Waals surface area contributed by atoms with E-state index in [-0.39, 0.29) is 42.8 Å². The molecule has 2 aliphatic rings. The number of benzene rings is 1. The molecular formula is C30H38F3N5O2. The average Bonchev–Trinajstić information content (AvgIpc) is 2.89. The van der Waals surface area contributed by atoms with Crippen LogP contribution in [0.15, 0.2) is 42.0 Å². The molecule has 4 atom stereocenters. The number of ether oxygens (including phenoxy) is 1. The van der Waals surface area contributed by atoms with Crippen LogP contribution in [-0.4, -0.2) is 59.4 Å². The second-order valence-electron chi connectivity index (χ2n) is 10.8. The second kappa shape index (κ2) is 12.1. The summed E-state index contributed by atoms with van der Waals surface area (Å²) in [5.41, 5.74) is 8.31. The minimum absolute atomic E-state index is 0.0125. The summed E-state index contributed by atoms with van der Waals surface area (Å²) in [5.74, 6) is 1.81. The molecule has 2 aromatic rings. The summed E-state index contributed by atoms with van der Waals surface area (Å²) in [7, 11) is 0. The van der Waals surface area contributed by atoms with Crippen LogP contribution < -0.4 is 15.4 Å². The number of carbonyl (C=O) groups excluding carboxylic acids is 1. The van der Waals surface area contributed by atoms with Crippen molar-refractivity contribution in [2.24, 2.45) is 11.7 Å². The van der Waals surface area contributed by atoms with Crippen LogP contribution in [0.3, 0.4) is 0 Å². The zero-order valence-electron chi connectivity index (χ0n) is 23.7. The van der Waals surface area contributed by atoms with Crippen molar-refractivity contribution in [2.45, 2.75) is 65.4 Å². The summed E-state index contributed by atoms with van der Waals surface area (Å²) in [6.07, 6.45) is 2.68. The van der Waals surface area contributed by atoms with Crippen molar-refractivity contribution in [2.75, 3.05) is 31.1 Å². The zero-order valence-corrected chi connectivity index (χ0v) is 23.7. The molecule has 10 heteroatoms. The van der Waals surface area contributed by atoms with Gasteiger partial charge in [0.05, 0.1) is 17.2 Å². The molecule has 40 heavy (non-hydrogen) atoms. The van der Waals surface area contributed by atoms with Crippen molar-refractivity contribution < 1.29 is 22.7 Å². The van der Waals surface area contributed by atoms with Gasteiger partial charge in [0, 0.05) is 43.8 Å². The molecule has 216 valence electrons. The molecule has 4 rings (SSSR count). The Morgan fingerprint density at radius 1 is 1.18 bits per heavy atom. The molecule has 0 bridgehead atoms. The van der Waals surface area contributed by atoms with E-state index in [9.17, 15) is 18.0 Å². The Labute approximate surface area is 233 Å². The van der Waals surface area contributed by atoms with E-state index in [0.29, 0.717) is 36.8 Å². The van der Waals surface area contributed by atoms with Gasteiger partial charge in [-0.15, -0.1) is 0 Å². The van der Waals surface area contributed by atoms with Gasteiger partial charge in [0.2, 0.25) is 0 Å². The molecule has 0 spiro atoms. The van der Waals surface area contributed by atoms with Crippen molar-refractivity contribution in [3.05, 3.63) is 70.2 Å². The second-order valence-corrected chi connectivity index (χ2v) is 10.8. The molecule has 0 amide bonds. The predicted molar refractivity (Wildman–Crippen MR) is 149 cm³/mol. The van der Waals surface area contributed by atoms with Crippen molar-refractivity contribution in [3.8, 4) is 5.75 Å². The number of rotatable bonds is 8. The SMILES string of the molecule is CC1=CC=CC(C)C1c1nc(C)c(COc2cc(C(F)(F)F)ccc2C)c(N2CCN(C(C=O)CN)[C@H](C)C2)n1. The summed E-state index contributed by atoms with van der Waals surface area (Å²) in [6.45, 7) is 12.0. The molecule has 1 aliphatic heterocycles. The van der Waals surface area contributed by atoms with E-state index in [0.717, 1.165) is 29.7 Å². The lowest BCUT2D eigenvalue weighted by molar-refractivity contribution is -0.137. The van der Waals surface area contributed by atoms with E-state index in [1.807, 2.05) is 13.0 Å². The Bertz CT molecular complexity index is 1290. The fourth-order valence-electron chi connectivity index (χ4n) is 5.63. The monoisotopic (exact) mass is 557 g/mol. The fourth-order valence-corrected chi connectivity index (χ4v) is 5.63. The Balaban J connectivity index is 1.71. The normalized spacial score (nSPS) is 22.7. The van der Waals surface area contributed by atoms with E-state index in [1.165, 1.54) is 11.6 Å². The number of allylic oxidation sites excluding steroid dienone is 4. The summed E-state index contributed by atoms with van der Waals surface area (Å²) in [4.78, 5) is 25.8. The van der Waals surface area contributed by atoms with Gasteiger partial charge < -0.3 is 20.2 Å². The maximum atomic E-state index is 13.4. The number of hydrogen-bond donors (Lipinski definition) is 1. The van der Waals surface area contributed by atoms with Crippen molar-refractivity contribution in [1.29, 1.82) is 0 Å². The Morgan fingerprint density at radius 2 is 1.93 bits per heavy atom. The molecule has 7 nitrogen and oxygen atoms in total. The third-order valence-electron chi connectivity index (χ3n) is 7.97. The van der Waals surface area contributed by atoms with Gasteiger partial charge in [0.25, 0.3) is 0 Å². The highest BCUT2D eigenvalue weighted by Gasteiger charge is 2.33. The van der Waals surface area contributed by atoms with Gasteiger partial charge >= 0.3 is 6.18 Å². The van der Waals surface area contributed by atoms with Gasteiger partial charge in [0.15, 0.2) is 0 Å². The van der Waals surface area contributed by atoms with Crippen molar-refractivity contribution in [1.82, 2.24) is 14.9 Å². The van der Waals surface area contributed by atoms with Gasteiger partial charge in [-0.1, -0.05) is 36.8 Å². The van der Waals surface area contributed by atoms with Crippen LogP contribution in [0.5, 0.6) is 5.75 Å². The first-order valence-corrected chi connectivity index (χ1v) is 13.6. The molecule has 2 heterocycles.